The van der Waals surface area contributed by atoms with Crippen LogP contribution in [0.25, 0.3) is 11.5 Å². The van der Waals surface area contributed by atoms with Crippen LogP contribution in [0.3, 0.4) is 0 Å². The maximum absolute atomic E-state index is 13.5. The van der Waals surface area contributed by atoms with Gasteiger partial charge in [0, 0.05) is 23.7 Å². The summed E-state index contributed by atoms with van der Waals surface area (Å²) in [6.07, 6.45) is -0.159. The van der Waals surface area contributed by atoms with E-state index in [9.17, 15) is 8.42 Å². The van der Waals surface area contributed by atoms with Crippen LogP contribution >= 0.6 is 11.6 Å². The fraction of sp³-hybridized carbons (Fsp3) is 0.318. The largest absolute Gasteiger partial charge is 0.497 e. The molecule has 31 heavy (non-hydrogen) atoms. The molecule has 3 aromatic rings. The van der Waals surface area contributed by atoms with Gasteiger partial charge in [0.15, 0.2) is 0 Å². The van der Waals surface area contributed by atoms with Crippen molar-refractivity contribution in [3.63, 3.8) is 0 Å². The average molecular weight is 463 g/mol. The van der Waals surface area contributed by atoms with Crippen molar-refractivity contribution in [1.29, 1.82) is 0 Å². The molecule has 1 fully saturated rings. The van der Waals surface area contributed by atoms with Crippen molar-refractivity contribution in [3.05, 3.63) is 53.6 Å². The molecule has 0 radical (unpaired) electrons. The van der Waals surface area contributed by atoms with Crippen molar-refractivity contribution in [3.8, 4) is 17.2 Å². The number of methoxy groups -OCH3 is 1. The van der Waals surface area contributed by atoms with Crippen molar-refractivity contribution in [2.45, 2.75) is 36.0 Å². The first-order chi connectivity index (χ1) is 14.8. The third-order valence-corrected chi connectivity index (χ3v) is 6.92. The van der Waals surface area contributed by atoms with E-state index in [2.05, 4.69) is 4.98 Å². The predicted molar refractivity (Wildman–Crippen MR) is 118 cm³/mol. The van der Waals surface area contributed by atoms with Crippen molar-refractivity contribution >= 4 is 27.3 Å². The van der Waals surface area contributed by atoms with Gasteiger partial charge in [-0.3, -0.25) is 0 Å². The first kappa shape index (κ1) is 21.7. The van der Waals surface area contributed by atoms with Gasteiger partial charge in [-0.05, 0) is 62.4 Å². The highest BCUT2D eigenvalue weighted by Gasteiger charge is 2.34. The number of nitrogens with zero attached hydrogens (tertiary/aromatic N) is 2. The van der Waals surface area contributed by atoms with Crippen LogP contribution in [0.5, 0.6) is 5.75 Å². The second-order valence-electron chi connectivity index (χ2n) is 7.48. The molecule has 0 saturated carbocycles. The van der Waals surface area contributed by atoms with Crippen molar-refractivity contribution < 1.29 is 22.3 Å². The van der Waals surface area contributed by atoms with E-state index in [1.807, 2.05) is 18.7 Å². The fourth-order valence-corrected chi connectivity index (χ4v) is 5.05. The van der Waals surface area contributed by atoms with Crippen molar-refractivity contribution in [2.24, 2.45) is 0 Å². The molecule has 2 aromatic carbocycles. The normalized spacial score (nSPS) is 19.4. The molecule has 0 N–H and O–H groups in total. The minimum atomic E-state index is -3.94. The Balaban J connectivity index is 1.83. The maximum atomic E-state index is 13.5. The molecule has 164 valence electrons. The number of halogens is 1. The summed E-state index contributed by atoms with van der Waals surface area (Å²) in [5.74, 6) is 1.11. The zero-order valence-corrected chi connectivity index (χ0v) is 19.0. The lowest BCUT2D eigenvalue weighted by molar-refractivity contribution is -0.00657. The van der Waals surface area contributed by atoms with Gasteiger partial charge in [0.25, 0.3) is 0 Å². The average Bonchev–Trinajstić information content (AvgIpc) is 3.20. The molecule has 2 atom stereocenters. The van der Waals surface area contributed by atoms with E-state index in [-0.39, 0.29) is 33.9 Å². The lowest BCUT2D eigenvalue weighted by Crippen LogP contribution is -2.45. The van der Waals surface area contributed by atoms with Gasteiger partial charge in [0.2, 0.25) is 26.6 Å². The van der Waals surface area contributed by atoms with E-state index in [0.29, 0.717) is 29.4 Å². The summed E-state index contributed by atoms with van der Waals surface area (Å²) in [6, 6.07) is 13.1. The highest BCUT2D eigenvalue weighted by Crippen LogP contribution is 2.36. The molecule has 0 spiro atoms. The number of ether oxygens (including phenoxy) is 2. The van der Waals surface area contributed by atoms with Gasteiger partial charge >= 0.3 is 0 Å². The van der Waals surface area contributed by atoms with Crippen LogP contribution in [-0.4, -0.2) is 45.8 Å². The molecule has 1 aliphatic heterocycles. The first-order valence-corrected chi connectivity index (χ1v) is 11.7. The zero-order valence-electron chi connectivity index (χ0n) is 17.4. The van der Waals surface area contributed by atoms with Gasteiger partial charge in [-0.15, -0.1) is 0 Å². The van der Waals surface area contributed by atoms with Gasteiger partial charge in [0.05, 0.1) is 24.2 Å². The Morgan fingerprint density at radius 2 is 1.65 bits per heavy atom. The zero-order chi connectivity index (χ0) is 22.2. The van der Waals surface area contributed by atoms with Gasteiger partial charge < -0.3 is 18.8 Å². The second kappa shape index (κ2) is 8.53. The van der Waals surface area contributed by atoms with Crippen LogP contribution in [0.2, 0.25) is 5.02 Å². The van der Waals surface area contributed by atoms with Crippen LogP contribution in [0.4, 0.5) is 5.88 Å². The number of hydrogen-bond acceptors (Lipinski definition) is 7. The molecule has 7 nitrogen and oxygen atoms in total. The van der Waals surface area contributed by atoms with E-state index in [1.165, 1.54) is 24.3 Å². The third-order valence-electron chi connectivity index (χ3n) is 5.00. The number of benzene rings is 2. The molecule has 4 rings (SSSR count). The lowest BCUT2D eigenvalue weighted by Gasteiger charge is -2.35. The van der Waals surface area contributed by atoms with Crippen LogP contribution in [-0.2, 0) is 14.6 Å². The number of rotatable bonds is 5. The highest BCUT2D eigenvalue weighted by molar-refractivity contribution is 7.91. The molecular weight excluding hydrogens is 440 g/mol. The summed E-state index contributed by atoms with van der Waals surface area (Å²) in [5, 5.41) is 0.330. The number of aromatic nitrogens is 1. The SMILES string of the molecule is COc1ccc(-c2nc(S(=O)(=O)c3ccc(Cl)cc3)c(N3CC(C)OC(C)C3)o2)cc1. The summed E-state index contributed by atoms with van der Waals surface area (Å²) < 4.78 is 44.0. The molecule has 0 aliphatic carbocycles. The summed E-state index contributed by atoms with van der Waals surface area (Å²) >= 11 is 5.94. The van der Waals surface area contributed by atoms with E-state index in [4.69, 9.17) is 25.5 Å². The van der Waals surface area contributed by atoms with Gasteiger partial charge in [-0.1, -0.05) is 11.6 Å². The van der Waals surface area contributed by atoms with Crippen molar-refractivity contribution in [1.82, 2.24) is 4.98 Å². The quantitative estimate of drug-likeness (QED) is 0.554. The molecule has 1 aromatic heterocycles. The van der Waals surface area contributed by atoms with Gasteiger partial charge in [0.1, 0.15) is 5.75 Å². The van der Waals surface area contributed by atoms with E-state index >= 15 is 0 Å². The smallest absolute Gasteiger partial charge is 0.236 e. The van der Waals surface area contributed by atoms with Crippen LogP contribution in [0.1, 0.15) is 13.8 Å². The van der Waals surface area contributed by atoms with E-state index in [0.717, 1.165) is 0 Å². The molecule has 1 aliphatic rings. The summed E-state index contributed by atoms with van der Waals surface area (Å²) in [7, 11) is -2.36. The molecule has 0 amide bonds. The lowest BCUT2D eigenvalue weighted by atomic mass is 10.2. The summed E-state index contributed by atoms with van der Waals surface area (Å²) in [5.41, 5.74) is 0.647. The number of sulfone groups is 1. The van der Waals surface area contributed by atoms with Gasteiger partial charge in [-0.25, -0.2) is 8.42 Å². The Morgan fingerprint density at radius 1 is 1.03 bits per heavy atom. The maximum Gasteiger partial charge on any atom is 0.236 e. The third kappa shape index (κ3) is 4.42. The number of hydrogen-bond donors (Lipinski definition) is 0. The number of morpholine rings is 1. The number of oxazole rings is 1. The van der Waals surface area contributed by atoms with E-state index < -0.39 is 9.84 Å². The Morgan fingerprint density at radius 3 is 2.23 bits per heavy atom. The van der Waals surface area contributed by atoms with E-state index in [1.54, 1.807) is 31.4 Å². The molecular formula is C22H23ClN2O5S. The first-order valence-electron chi connectivity index (χ1n) is 9.84. The molecule has 2 unspecified atom stereocenters. The second-order valence-corrected chi connectivity index (χ2v) is 9.78. The Labute approximate surface area is 186 Å². The molecule has 2 heterocycles. The van der Waals surface area contributed by atoms with Gasteiger partial charge in [-0.2, -0.15) is 4.98 Å². The molecule has 0 bridgehead atoms. The Bertz CT molecular complexity index is 1150. The van der Waals surface area contributed by atoms with Crippen LogP contribution in [0.15, 0.2) is 62.9 Å². The van der Waals surface area contributed by atoms with Crippen molar-refractivity contribution in [2.75, 3.05) is 25.1 Å². The molecule has 1 saturated heterocycles. The number of anilines is 1. The predicted octanol–water partition coefficient (Wildman–Crippen LogP) is 4.45. The summed E-state index contributed by atoms with van der Waals surface area (Å²) in [6.45, 7) is 4.86. The minimum Gasteiger partial charge on any atom is -0.497 e. The summed E-state index contributed by atoms with van der Waals surface area (Å²) in [4.78, 5) is 6.40. The molecule has 9 heteroatoms. The minimum absolute atomic E-state index is 0.0793. The van der Waals surface area contributed by atoms with Crippen LogP contribution in [0, 0.1) is 0 Å². The fourth-order valence-electron chi connectivity index (χ4n) is 3.60. The Kier molecular flexibility index (Phi) is 5.96. The topological polar surface area (TPSA) is 81.9 Å². The highest BCUT2D eigenvalue weighted by atomic mass is 35.5. The van der Waals surface area contributed by atoms with Crippen LogP contribution < -0.4 is 9.64 Å². The standard InChI is InChI=1S/C22H23ClN2O5S/c1-14-12-25(13-15(2)29-14)22-21(31(26,27)19-10-6-17(23)7-11-19)24-20(30-22)16-4-8-18(28-3)9-5-16/h4-11,14-15H,12-13H2,1-3H3. The monoisotopic (exact) mass is 462 g/mol. The Hall–Kier alpha value is -2.55.